The van der Waals surface area contributed by atoms with Crippen molar-refractivity contribution in [3.05, 3.63) is 101 Å². The number of halogens is 1. The fourth-order valence-corrected chi connectivity index (χ4v) is 2.83. The van der Waals surface area contributed by atoms with Crippen molar-refractivity contribution in [2.75, 3.05) is 0 Å². The van der Waals surface area contributed by atoms with Crippen LogP contribution in [0.2, 0.25) is 0 Å². The van der Waals surface area contributed by atoms with Crippen molar-refractivity contribution >= 4 is 34.2 Å². The molecule has 0 saturated heterocycles. The molecule has 1 heteroatoms. The second kappa shape index (κ2) is 7.26. The Morgan fingerprint density at radius 2 is 1.22 bits per heavy atom. The molecular formula is C22H17Br. The molecule has 0 aliphatic heterocycles. The number of hydrogen-bond acceptors (Lipinski definition) is 0. The van der Waals surface area contributed by atoms with Crippen molar-refractivity contribution in [1.82, 2.24) is 0 Å². The molecule has 0 unspecified atom stereocenters. The molecule has 0 bridgehead atoms. The standard InChI is InChI=1S/C22H17Br/c1-2-18-7-3-5-9-21(18)22-10-6-4-8-19(22)14-11-17-12-15-20(23)16-13-17/h2-16H,1H2/b14-11+. The van der Waals surface area contributed by atoms with Crippen molar-refractivity contribution in [2.24, 2.45) is 0 Å². The quantitative estimate of drug-likeness (QED) is 0.442. The van der Waals surface area contributed by atoms with Gasteiger partial charge in [-0.2, -0.15) is 0 Å². The fourth-order valence-electron chi connectivity index (χ4n) is 2.57. The molecule has 0 amide bonds. The van der Waals surface area contributed by atoms with Gasteiger partial charge in [0.1, 0.15) is 0 Å². The summed E-state index contributed by atoms with van der Waals surface area (Å²) >= 11 is 3.47. The van der Waals surface area contributed by atoms with Gasteiger partial charge in [0.25, 0.3) is 0 Å². The number of hydrogen-bond donors (Lipinski definition) is 0. The van der Waals surface area contributed by atoms with Crippen molar-refractivity contribution < 1.29 is 0 Å². The van der Waals surface area contributed by atoms with Crippen LogP contribution in [0.1, 0.15) is 16.7 Å². The van der Waals surface area contributed by atoms with Crippen molar-refractivity contribution in [2.45, 2.75) is 0 Å². The summed E-state index contributed by atoms with van der Waals surface area (Å²) in [6, 6.07) is 25.1. The van der Waals surface area contributed by atoms with Crippen LogP contribution >= 0.6 is 15.9 Å². The second-order valence-electron chi connectivity index (χ2n) is 5.26. The van der Waals surface area contributed by atoms with E-state index >= 15 is 0 Å². The van der Waals surface area contributed by atoms with Crippen LogP contribution in [0.25, 0.3) is 29.4 Å². The molecule has 0 atom stereocenters. The van der Waals surface area contributed by atoms with Crippen molar-refractivity contribution in [1.29, 1.82) is 0 Å². The summed E-state index contributed by atoms with van der Waals surface area (Å²) in [5.41, 5.74) is 5.96. The summed E-state index contributed by atoms with van der Waals surface area (Å²) in [5.74, 6) is 0. The first kappa shape index (κ1) is 15.5. The van der Waals surface area contributed by atoms with Crippen LogP contribution in [0, 0.1) is 0 Å². The lowest BCUT2D eigenvalue weighted by atomic mass is 9.95. The molecule has 23 heavy (non-hydrogen) atoms. The highest BCUT2D eigenvalue weighted by Gasteiger charge is 2.05. The highest BCUT2D eigenvalue weighted by molar-refractivity contribution is 9.10. The largest absolute Gasteiger partial charge is 0.0984 e. The Morgan fingerprint density at radius 3 is 1.87 bits per heavy atom. The van der Waals surface area contributed by atoms with Gasteiger partial charge < -0.3 is 0 Å². The highest BCUT2D eigenvalue weighted by atomic mass is 79.9. The average molecular weight is 361 g/mol. The summed E-state index contributed by atoms with van der Waals surface area (Å²) < 4.78 is 1.09. The first-order chi connectivity index (χ1) is 11.3. The molecule has 3 rings (SSSR count). The maximum atomic E-state index is 3.93. The molecule has 112 valence electrons. The SMILES string of the molecule is C=Cc1ccccc1-c1ccccc1/C=C/c1ccc(Br)cc1. The first-order valence-electron chi connectivity index (χ1n) is 7.52. The lowest BCUT2D eigenvalue weighted by Crippen LogP contribution is -1.86. The van der Waals surface area contributed by atoms with Gasteiger partial charge in [-0.05, 0) is 39.9 Å². The van der Waals surface area contributed by atoms with Crippen LogP contribution in [-0.2, 0) is 0 Å². The molecule has 0 fully saturated rings. The summed E-state index contributed by atoms with van der Waals surface area (Å²) in [4.78, 5) is 0. The van der Waals surface area contributed by atoms with E-state index in [9.17, 15) is 0 Å². The molecule has 0 radical (unpaired) electrons. The Labute approximate surface area is 145 Å². The zero-order valence-corrected chi connectivity index (χ0v) is 14.3. The van der Waals surface area contributed by atoms with Crippen molar-refractivity contribution in [3.63, 3.8) is 0 Å². The van der Waals surface area contributed by atoms with Gasteiger partial charge in [-0.3, -0.25) is 0 Å². The minimum absolute atomic E-state index is 1.09. The number of rotatable bonds is 4. The molecule has 0 aromatic heterocycles. The van der Waals surface area contributed by atoms with E-state index in [0.717, 1.165) is 10.0 Å². The molecule has 0 heterocycles. The summed E-state index contributed by atoms with van der Waals surface area (Å²) in [6.45, 7) is 3.93. The van der Waals surface area contributed by atoms with Crippen molar-refractivity contribution in [3.8, 4) is 11.1 Å². The normalized spacial score (nSPS) is 10.8. The van der Waals surface area contributed by atoms with Gasteiger partial charge >= 0.3 is 0 Å². The minimum Gasteiger partial charge on any atom is -0.0984 e. The monoisotopic (exact) mass is 360 g/mol. The summed E-state index contributed by atoms with van der Waals surface area (Å²) in [6.07, 6.45) is 6.21. The highest BCUT2D eigenvalue weighted by Crippen LogP contribution is 2.29. The topological polar surface area (TPSA) is 0 Å². The Morgan fingerprint density at radius 1 is 0.652 bits per heavy atom. The molecular weight excluding hydrogens is 344 g/mol. The van der Waals surface area contributed by atoms with Crippen LogP contribution < -0.4 is 0 Å². The zero-order chi connectivity index (χ0) is 16.1. The molecule has 0 aliphatic carbocycles. The van der Waals surface area contributed by atoms with Crippen LogP contribution in [-0.4, -0.2) is 0 Å². The predicted octanol–water partition coefficient (Wildman–Crippen LogP) is 6.93. The predicted molar refractivity (Wildman–Crippen MR) is 105 cm³/mol. The Bertz CT molecular complexity index is 842. The Hall–Kier alpha value is -2.38. The van der Waals surface area contributed by atoms with Gasteiger partial charge in [-0.25, -0.2) is 0 Å². The van der Waals surface area contributed by atoms with E-state index in [4.69, 9.17) is 0 Å². The zero-order valence-electron chi connectivity index (χ0n) is 12.7. The average Bonchev–Trinajstić information content (AvgIpc) is 2.61. The fraction of sp³-hybridized carbons (Fsp3) is 0. The van der Waals surface area contributed by atoms with E-state index in [-0.39, 0.29) is 0 Å². The third-order valence-corrected chi connectivity index (χ3v) is 4.29. The van der Waals surface area contributed by atoms with Gasteiger partial charge in [-0.15, -0.1) is 0 Å². The van der Waals surface area contributed by atoms with Gasteiger partial charge in [-0.1, -0.05) is 101 Å². The molecule has 0 nitrogen and oxygen atoms in total. The van der Waals surface area contributed by atoms with E-state index in [1.165, 1.54) is 22.3 Å². The van der Waals surface area contributed by atoms with E-state index in [1.807, 2.05) is 12.1 Å². The third-order valence-electron chi connectivity index (χ3n) is 3.76. The van der Waals surface area contributed by atoms with Gasteiger partial charge in [0, 0.05) is 4.47 Å². The van der Waals surface area contributed by atoms with E-state index < -0.39 is 0 Å². The molecule has 3 aromatic rings. The van der Waals surface area contributed by atoms with Crippen LogP contribution in [0.5, 0.6) is 0 Å². The molecule has 0 spiro atoms. The second-order valence-corrected chi connectivity index (χ2v) is 6.18. The maximum Gasteiger partial charge on any atom is 0.0175 e. The molecule has 0 aliphatic rings. The molecule has 0 N–H and O–H groups in total. The van der Waals surface area contributed by atoms with E-state index in [0.29, 0.717) is 0 Å². The summed E-state index contributed by atoms with van der Waals surface area (Å²) in [7, 11) is 0. The smallest absolute Gasteiger partial charge is 0.0175 e. The Kier molecular flexibility index (Phi) is 4.89. The number of benzene rings is 3. The van der Waals surface area contributed by atoms with Gasteiger partial charge in [0.15, 0.2) is 0 Å². The van der Waals surface area contributed by atoms with E-state index in [2.05, 4.69) is 101 Å². The van der Waals surface area contributed by atoms with Crippen LogP contribution in [0.3, 0.4) is 0 Å². The first-order valence-corrected chi connectivity index (χ1v) is 8.32. The lowest BCUT2D eigenvalue weighted by molar-refractivity contribution is 1.57. The third kappa shape index (κ3) is 3.69. The van der Waals surface area contributed by atoms with Gasteiger partial charge in [0.05, 0.1) is 0 Å². The van der Waals surface area contributed by atoms with E-state index in [1.54, 1.807) is 0 Å². The molecule has 3 aromatic carbocycles. The minimum atomic E-state index is 1.09. The van der Waals surface area contributed by atoms with Gasteiger partial charge in [0.2, 0.25) is 0 Å². The summed E-state index contributed by atoms with van der Waals surface area (Å²) in [5, 5.41) is 0. The molecule has 0 saturated carbocycles. The lowest BCUT2D eigenvalue weighted by Gasteiger charge is -2.09. The van der Waals surface area contributed by atoms with Crippen LogP contribution in [0.15, 0.2) is 83.8 Å². The Balaban J connectivity index is 2.01. The van der Waals surface area contributed by atoms with Crippen LogP contribution in [0.4, 0.5) is 0 Å². The maximum absolute atomic E-state index is 3.93.